The third-order valence-electron chi connectivity index (χ3n) is 5.97. The van der Waals surface area contributed by atoms with Gasteiger partial charge in [-0.25, -0.2) is 0 Å². The van der Waals surface area contributed by atoms with E-state index in [0.29, 0.717) is 23.7 Å². The van der Waals surface area contributed by atoms with Crippen LogP contribution in [0.1, 0.15) is 23.3 Å². The standard InChI is InChI=1S/C21H27ClN4O3/c1-24(2)19(27)9-16-11-26-10-14(8-15(26)12-29-16)23-21(28)18-7-13-5-4-6-17(22)20(13)25(18)3/h4-7,14-16H,8-12H2,1-3H3,(H,23,28)/t14-,15-,16-/m0/s1. The van der Waals surface area contributed by atoms with E-state index in [1.165, 1.54) is 0 Å². The van der Waals surface area contributed by atoms with E-state index >= 15 is 0 Å². The number of benzene rings is 1. The Hall–Kier alpha value is -2.09. The lowest BCUT2D eigenvalue weighted by atomic mass is 10.1. The van der Waals surface area contributed by atoms with E-state index in [-0.39, 0.29) is 30.0 Å². The highest BCUT2D eigenvalue weighted by Crippen LogP contribution is 2.27. The summed E-state index contributed by atoms with van der Waals surface area (Å²) in [5, 5.41) is 4.76. The van der Waals surface area contributed by atoms with E-state index in [4.69, 9.17) is 16.3 Å². The van der Waals surface area contributed by atoms with Crippen molar-refractivity contribution in [1.29, 1.82) is 0 Å². The summed E-state index contributed by atoms with van der Waals surface area (Å²) in [7, 11) is 5.38. The summed E-state index contributed by atoms with van der Waals surface area (Å²) in [6.45, 7) is 2.10. The van der Waals surface area contributed by atoms with Crippen LogP contribution in [-0.2, 0) is 16.6 Å². The van der Waals surface area contributed by atoms with Crippen LogP contribution in [0.25, 0.3) is 10.9 Å². The van der Waals surface area contributed by atoms with Gasteiger partial charge in [-0.15, -0.1) is 0 Å². The van der Waals surface area contributed by atoms with Crippen molar-refractivity contribution in [3.63, 3.8) is 0 Å². The second kappa shape index (κ2) is 7.97. The van der Waals surface area contributed by atoms with Gasteiger partial charge >= 0.3 is 0 Å². The van der Waals surface area contributed by atoms with Crippen molar-refractivity contribution in [2.75, 3.05) is 33.8 Å². The zero-order valence-electron chi connectivity index (χ0n) is 17.0. The molecule has 2 aliphatic rings. The van der Waals surface area contributed by atoms with E-state index in [9.17, 15) is 9.59 Å². The number of para-hydroxylation sites is 1. The highest BCUT2D eigenvalue weighted by atomic mass is 35.5. The van der Waals surface area contributed by atoms with Crippen molar-refractivity contribution in [1.82, 2.24) is 19.7 Å². The fourth-order valence-corrected chi connectivity index (χ4v) is 4.70. The number of hydrogen-bond acceptors (Lipinski definition) is 4. The minimum atomic E-state index is -0.0927. The molecular formula is C21H27ClN4O3. The lowest BCUT2D eigenvalue weighted by molar-refractivity contribution is -0.134. The predicted molar refractivity (Wildman–Crippen MR) is 112 cm³/mol. The van der Waals surface area contributed by atoms with Crippen molar-refractivity contribution >= 4 is 34.3 Å². The van der Waals surface area contributed by atoms with Crippen LogP contribution in [0.5, 0.6) is 0 Å². The van der Waals surface area contributed by atoms with Gasteiger partial charge in [0.15, 0.2) is 0 Å². The van der Waals surface area contributed by atoms with Gasteiger partial charge in [-0.3, -0.25) is 14.5 Å². The van der Waals surface area contributed by atoms with Crippen molar-refractivity contribution in [2.24, 2.45) is 7.05 Å². The van der Waals surface area contributed by atoms with Gasteiger partial charge in [-0.1, -0.05) is 23.7 Å². The predicted octanol–water partition coefficient (Wildman–Crippen LogP) is 1.88. The minimum absolute atomic E-state index is 0.0629. The molecule has 0 aliphatic carbocycles. The third-order valence-corrected chi connectivity index (χ3v) is 6.27. The highest BCUT2D eigenvalue weighted by Gasteiger charge is 2.38. The van der Waals surface area contributed by atoms with Gasteiger partial charge in [-0.05, 0) is 18.6 Å². The number of halogens is 1. The van der Waals surface area contributed by atoms with Gasteiger partial charge in [0.1, 0.15) is 5.69 Å². The molecule has 29 heavy (non-hydrogen) atoms. The summed E-state index contributed by atoms with van der Waals surface area (Å²) >= 11 is 6.30. The van der Waals surface area contributed by atoms with Crippen molar-refractivity contribution in [3.05, 3.63) is 35.0 Å². The molecule has 4 rings (SSSR count). The topological polar surface area (TPSA) is 66.8 Å². The third kappa shape index (κ3) is 3.99. The first-order valence-electron chi connectivity index (χ1n) is 9.94. The second-order valence-corrected chi connectivity index (χ2v) is 8.63. The Morgan fingerprint density at radius 1 is 1.31 bits per heavy atom. The van der Waals surface area contributed by atoms with Crippen LogP contribution in [0.3, 0.4) is 0 Å². The summed E-state index contributed by atoms with van der Waals surface area (Å²) in [6.07, 6.45) is 1.16. The van der Waals surface area contributed by atoms with Gasteiger partial charge in [0.2, 0.25) is 5.91 Å². The smallest absolute Gasteiger partial charge is 0.268 e. The Bertz CT molecular complexity index is 941. The van der Waals surface area contributed by atoms with E-state index < -0.39 is 0 Å². The minimum Gasteiger partial charge on any atom is -0.375 e. The van der Waals surface area contributed by atoms with Crippen molar-refractivity contribution in [3.8, 4) is 0 Å². The Morgan fingerprint density at radius 3 is 2.83 bits per heavy atom. The average Bonchev–Trinajstić information content (AvgIpc) is 3.22. The molecule has 2 aromatic rings. The molecular weight excluding hydrogens is 392 g/mol. The number of nitrogens with zero attached hydrogens (tertiary/aromatic N) is 3. The lowest BCUT2D eigenvalue weighted by Gasteiger charge is -2.35. The summed E-state index contributed by atoms with van der Waals surface area (Å²) in [6, 6.07) is 7.91. The number of aromatic nitrogens is 1. The first kappa shape index (κ1) is 20.2. The number of amides is 2. The van der Waals surface area contributed by atoms with Gasteiger partial charge < -0.3 is 19.5 Å². The molecule has 0 bridgehead atoms. The maximum atomic E-state index is 12.9. The summed E-state index contributed by atoms with van der Waals surface area (Å²) < 4.78 is 7.75. The van der Waals surface area contributed by atoms with Crippen LogP contribution < -0.4 is 5.32 Å². The molecule has 2 fully saturated rings. The molecule has 8 heteroatoms. The summed E-state index contributed by atoms with van der Waals surface area (Å²) in [5.41, 5.74) is 1.47. The number of morpholine rings is 1. The molecule has 0 spiro atoms. The largest absolute Gasteiger partial charge is 0.375 e. The number of rotatable bonds is 4. The number of fused-ring (bicyclic) bond motifs is 2. The molecule has 0 unspecified atom stereocenters. The highest BCUT2D eigenvalue weighted by molar-refractivity contribution is 6.35. The summed E-state index contributed by atoms with van der Waals surface area (Å²) in [4.78, 5) is 28.8. The van der Waals surface area contributed by atoms with Crippen molar-refractivity contribution in [2.45, 2.75) is 31.0 Å². The number of aryl methyl sites for hydroxylation is 1. The maximum Gasteiger partial charge on any atom is 0.268 e. The molecule has 1 aromatic carbocycles. The summed E-state index contributed by atoms with van der Waals surface area (Å²) in [5.74, 6) is -0.0169. The van der Waals surface area contributed by atoms with Gasteiger partial charge in [-0.2, -0.15) is 0 Å². The second-order valence-electron chi connectivity index (χ2n) is 8.23. The number of hydrogen-bond donors (Lipinski definition) is 1. The molecule has 156 valence electrons. The van der Waals surface area contributed by atoms with Crippen LogP contribution in [-0.4, -0.2) is 78.2 Å². The molecule has 2 saturated heterocycles. The Labute approximate surface area is 175 Å². The van der Waals surface area contributed by atoms with E-state index in [2.05, 4.69) is 10.2 Å². The number of nitrogens with one attached hydrogen (secondary N) is 1. The number of carbonyl (C=O) groups excluding carboxylic acids is 2. The molecule has 2 aliphatic heterocycles. The van der Waals surface area contributed by atoms with Crippen LogP contribution in [0.2, 0.25) is 5.02 Å². The van der Waals surface area contributed by atoms with Gasteiger partial charge in [0.25, 0.3) is 5.91 Å². The molecule has 1 N–H and O–H groups in total. The van der Waals surface area contributed by atoms with E-state index in [1.54, 1.807) is 19.0 Å². The molecule has 2 amide bonds. The lowest BCUT2D eigenvalue weighted by Crippen LogP contribution is -2.47. The molecule has 1 aromatic heterocycles. The van der Waals surface area contributed by atoms with Crippen LogP contribution in [0.4, 0.5) is 0 Å². The van der Waals surface area contributed by atoms with Gasteiger partial charge in [0, 0.05) is 51.7 Å². The quantitative estimate of drug-likeness (QED) is 0.823. The molecule has 3 atom stereocenters. The Morgan fingerprint density at radius 2 is 2.10 bits per heavy atom. The molecule has 3 heterocycles. The van der Waals surface area contributed by atoms with Crippen molar-refractivity contribution < 1.29 is 14.3 Å². The van der Waals surface area contributed by atoms with E-state index in [1.807, 2.05) is 35.9 Å². The zero-order valence-corrected chi connectivity index (χ0v) is 17.8. The number of ether oxygens (including phenoxy) is 1. The van der Waals surface area contributed by atoms with E-state index in [0.717, 1.165) is 30.4 Å². The van der Waals surface area contributed by atoms with Crippen LogP contribution in [0, 0.1) is 0 Å². The monoisotopic (exact) mass is 418 g/mol. The fourth-order valence-electron chi connectivity index (χ4n) is 4.39. The van der Waals surface area contributed by atoms with Crippen LogP contribution >= 0.6 is 11.6 Å². The SMILES string of the molecule is CN(C)C(=O)C[C@H]1CN2C[C@@H](NC(=O)c3cc4cccc(Cl)c4n3C)C[C@H]2CO1. The normalized spacial score (nSPS) is 24.5. The first-order valence-corrected chi connectivity index (χ1v) is 10.3. The molecule has 0 radical (unpaired) electrons. The Balaban J connectivity index is 1.39. The van der Waals surface area contributed by atoms with Gasteiger partial charge in [0.05, 0.1) is 29.7 Å². The Kier molecular flexibility index (Phi) is 5.55. The number of carbonyl (C=O) groups is 2. The first-order chi connectivity index (χ1) is 13.8. The maximum absolute atomic E-state index is 12.9. The average molecular weight is 419 g/mol. The molecule has 7 nitrogen and oxygen atoms in total. The zero-order chi connectivity index (χ0) is 20.7. The van der Waals surface area contributed by atoms with Crippen LogP contribution in [0.15, 0.2) is 24.3 Å². The fraction of sp³-hybridized carbons (Fsp3) is 0.524. The molecule has 0 saturated carbocycles.